The van der Waals surface area contributed by atoms with Gasteiger partial charge in [0.05, 0.1) is 13.2 Å². The Bertz CT molecular complexity index is 135. The molecule has 0 aromatic heterocycles. The van der Waals surface area contributed by atoms with Crippen molar-refractivity contribution in [3.8, 4) is 12.0 Å². The van der Waals surface area contributed by atoms with Gasteiger partial charge in [-0.2, -0.15) is 0 Å². The third-order valence-electron chi connectivity index (χ3n) is 0.868. The molecule has 0 rings (SSSR count). The van der Waals surface area contributed by atoms with Gasteiger partial charge in [0, 0.05) is 6.42 Å². The van der Waals surface area contributed by atoms with Crippen LogP contribution in [0.1, 0.15) is 6.42 Å². The molecule has 0 bridgehead atoms. The number of hydrogen-bond acceptors (Lipinski definition) is 4. The number of aliphatic hydroxyl groups excluding tert-OH is 3. The summed E-state index contributed by atoms with van der Waals surface area (Å²) < 4.78 is 4.61. The van der Waals surface area contributed by atoms with Crippen LogP contribution in [0.25, 0.3) is 0 Å². The van der Waals surface area contributed by atoms with Gasteiger partial charge in [0.2, 0.25) is 0 Å². The molecule has 0 saturated carbocycles. The molecule has 0 amide bonds. The van der Waals surface area contributed by atoms with Crippen LogP contribution in [0.2, 0.25) is 0 Å². The molecule has 0 aromatic rings. The molecule has 0 aliphatic rings. The van der Waals surface area contributed by atoms with Crippen LogP contribution in [0, 0.1) is 12.0 Å². The van der Waals surface area contributed by atoms with Crippen molar-refractivity contribution in [2.45, 2.75) is 12.5 Å². The summed E-state index contributed by atoms with van der Waals surface area (Å²) >= 11 is 0. The lowest BCUT2D eigenvalue weighted by Crippen LogP contribution is -2.17. The summed E-state index contributed by atoms with van der Waals surface area (Å²) in [5, 5.41) is 25.3. The van der Waals surface area contributed by atoms with E-state index in [1.807, 2.05) is 0 Å². The fourth-order valence-corrected chi connectivity index (χ4v) is 0.349. The van der Waals surface area contributed by atoms with E-state index in [-0.39, 0.29) is 19.8 Å². The van der Waals surface area contributed by atoms with Crippen LogP contribution >= 0.6 is 0 Å². The Balaban J connectivity index is 3.20. The first kappa shape index (κ1) is 10.2. The molecule has 3 N–H and O–H groups in total. The van der Waals surface area contributed by atoms with Crippen LogP contribution in [0.4, 0.5) is 0 Å². The molecule has 64 valence electrons. The fraction of sp³-hybridized carbons (Fsp3) is 0.714. The van der Waals surface area contributed by atoms with E-state index in [0.29, 0.717) is 6.42 Å². The Morgan fingerprint density at radius 2 is 2.09 bits per heavy atom. The Morgan fingerprint density at radius 1 is 1.36 bits per heavy atom. The van der Waals surface area contributed by atoms with Crippen molar-refractivity contribution in [1.82, 2.24) is 0 Å². The molecule has 1 unspecified atom stereocenters. The first-order valence-electron chi connectivity index (χ1n) is 3.30. The van der Waals surface area contributed by atoms with Gasteiger partial charge in [-0.1, -0.05) is 5.92 Å². The predicted octanol–water partition coefficient (Wildman–Crippen LogP) is -1.30. The van der Waals surface area contributed by atoms with Gasteiger partial charge in [0.1, 0.15) is 18.8 Å². The highest BCUT2D eigenvalue weighted by Crippen LogP contribution is 1.81. The van der Waals surface area contributed by atoms with Gasteiger partial charge in [-0.3, -0.25) is 0 Å². The van der Waals surface area contributed by atoms with Gasteiger partial charge >= 0.3 is 0 Å². The minimum absolute atomic E-state index is 0.00108. The molecule has 0 aromatic carbocycles. The normalized spacial score (nSPS) is 11.5. The number of hydrogen-bond donors (Lipinski definition) is 3. The quantitative estimate of drug-likeness (QED) is 0.447. The first-order valence-corrected chi connectivity index (χ1v) is 3.30. The molecule has 0 fully saturated rings. The van der Waals surface area contributed by atoms with E-state index in [4.69, 9.17) is 15.3 Å². The molecule has 0 aliphatic carbocycles. The van der Waals surface area contributed by atoms with Crippen molar-refractivity contribution in [2.24, 2.45) is 0 Å². The number of aliphatic hydroxyl groups is 3. The second-order valence-corrected chi connectivity index (χ2v) is 1.90. The molecule has 4 nitrogen and oxygen atoms in total. The maximum Gasteiger partial charge on any atom is 0.128 e. The van der Waals surface area contributed by atoms with Gasteiger partial charge in [-0.15, -0.1) is 0 Å². The Hall–Kier alpha value is -0.760. The highest BCUT2D eigenvalue weighted by Gasteiger charge is 1.98. The summed E-state index contributed by atoms with van der Waals surface area (Å²) in [4.78, 5) is 0. The summed E-state index contributed by atoms with van der Waals surface area (Å²) in [7, 11) is 0. The van der Waals surface area contributed by atoms with Crippen molar-refractivity contribution in [2.75, 3.05) is 19.8 Å². The zero-order valence-electron chi connectivity index (χ0n) is 6.16. The third kappa shape index (κ3) is 7.13. The lowest BCUT2D eigenvalue weighted by Gasteiger charge is -2.02. The second kappa shape index (κ2) is 7.35. The van der Waals surface area contributed by atoms with Crippen LogP contribution in [-0.2, 0) is 4.74 Å². The van der Waals surface area contributed by atoms with Crippen molar-refractivity contribution in [1.29, 1.82) is 0 Å². The van der Waals surface area contributed by atoms with Crippen LogP contribution < -0.4 is 0 Å². The van der Waals surface area contributed by atoms with E-state index in [2.05, 4.69) is 16.8 Å². The second-order valence-electron chi connectivity index (χ2n) is 1.90. The SMILES string of the molecule is OCCC#COCC(O)CO. The van der Waals surface area contributed by atoms with Gasteiger partial charge in [-0.05, 0) is 0 Å². The van der Waals surface area contributed by atoms with Crippen molar-refractivity contribution in [3.05, 3.63) is 0 Å². The average molecular weight is 160 g/mol. The molecule has 0 heterocycles. The van der Waals surface area contributed by atoms with Crippen LogP contribution in [-0.4, -0.2) is 41.2 Å². The fourth-order valence-electron chi connectivity index (χ4n) is 0.349. The summed E-state index contributed by atoms with van der Waals surface area (Å²) in [5.41, 5.74) is 0. The molecule has 0 radical (unpaired) electrons. The minimum atomic E-state index is -0.876. The van der Waals surface area contributed by atoms with Gasteiger partial charge in [0.15, 0.2) is 0 Å². The number of ether oxygens (including phenoxy) is 1. The van der Waals surface area contributed by atoms with E-state index < -0.39 is 6.10 Å². The minimum Gasteiger partial charge on any atom is -0.444 e. The largest absolute Gasteiger partial charge is 0.444 e. The standard InChI is InChI=1S/C7H12O4/c8-3-1-2-4-11-6-7(10)5-9/h7-10H,1,3,5-6H2. The molecule has 11 heavy (non-hydrogen) atoms. The summed E-state index contributed by atoms with van der Waals surface area (Å²) in [5.74, 6) is 2.50. The zero-order chi connectivity index (χ0) is 8.53. The van der Waals surface area contributed by atoms with E-state index >= 15 is 0 Å². The van der Waals surface area contributed by atoms with E-state index in [1.54, 1.807) is 0 Å². The highest BCUT2D eigenvalue weighted by molar-refractivity contribution is 4.90. The van der Waals surface area contributed by atoms with E-state index in [1.165, 1.54) is 0 Å². The van der Waals surface area contributed by atoms with Gasteiger partial charge < -0.3 is 20.1 Å². The van der Waals surface area contributed by atoms with Gasteiger partial charge in [0.25, 0.3) is 0 Å². The maximum absolute atomic E-state index is 8.72. The average Bonchev–Trinajstić information content (AvgIpc) is 2.04. The van der Waals surface area contributed by atoms with Gasteiger partial charge in [-0.25, -0.2) is 0 Å². The highest BCUT2D eigenvalue weighted by atomic mass is 16.5. The summed E-state index contributed by atoms with van der Waals surface area (Å²) in [6.07, 6.45) is 1.75. The van der Waals surface area contributed by atoms with Crippen LogP contribution in [0.5, 0.6) is 0 Å². The topological polar surface area (TPSA) is 69.9 Å². The third-order valence-corrected chi connectivity index (χ3v) is 0.868. The van der Waals surface area contributed by atoms with E-state index in [9.17, 15) is 0 Å². The first-order chi connectivity index (χ1) is 5.31. The summed E-state index contributed by atoms with van der Waals surface area (Å²) in [6.45, 7) is -0.338. The predicted molar refractivity (Wildman–Crippen MR) is 38.5 cm³/mol. The molecule has 1 atom stereocenters. The van der Waals surface area contributed by atoms with Crippen molar-refractivity contribution in [3.63, 3.8) is 0 Å². The molecule has 0 aliphatic heterocycles. The monoisotopic (exact) mass is 160 g/mol. The molecular weight excluding hydrogens is 148 g/mol. The maximum atomic E-state index is 8.72. The van der Waals surface area contributed by atoms with Crippen LogP contribution in [0.3, 0.4) is 0 Å². The summed E-state index contributed by atoms with van der Waals surface area (Å²) in [6, 6.07) is 0. The molecule has 4 heteroatoms. The number of rotatable bonds is 4. The lowest BCUT2D eigenvalue weighted by molar-refractivity contribution is 0.0442. The zero-order valence-corrected chi connectivity index (χ0v) is 6.16. The Morgan fingerprint density at radius 3 is 2.64 bits per heavy atom. The van der Waals surface area contributed by atoms with Crippen molar-refractivity contribution >= 4 is 0 Å². The molecule has 0 saturated heterocycles. The Labute approximate surface area is 65.4 Å². The lowest BCUT2D eigenvalue weighted by atomic mass is 10.4. The smallest absolute Gasteiger partial charge is 0.128 e. The van der Waals surface area contributed by atoms with Crippen molar-refractivity contribution < 1.29 is 20.1 Å². The van der Waals surface area contributed by atoms with Crippen LogP contribution in [0.15, 0.2) is 0 Å². The Kier molecular flexibility index (Phi) is 6.84. The molecular formula is C7H12O4. The van der Waals surface area contributed by atoms with E-state index in [0.717, 1.165) is 0 Å². The molecule has 0 spiro atoms.